The van der Waals surface area contributed by atoms with E-state index in [-0.39, 0.29) is 104 Å². The number of nitrogens with one attached hydrogen (secondary N) is 2. The van der Waals surface area contributed by atoms with Gasteiger partial charge in [0.05, 0.1) is 96.3 Å². The van der Waals surface area contributed by atoms with E-state index in [0.717, 1.165) is 0 Å². The second-order valence-electron chi connectivity index (χ2n) is 41.8. The molecular weight excluding hydrogens is 1940 g/mol. The molecule has 6 aliphatic carbocycles. The smallest absolute Gasteiger partial charge is 0.408 e. The number of ketones is 2. The first kappa shape index (κ1) is 109. The summed E-state index contributed by atoms with van der Waals surface area (Å²) >= 11 is 0. The summed E-state index contributed by atoms with van der Waals surface area (Å²) in [6, 6.07) is 31.8. The number of carbonyl (C=O) groups excluding carboxylic acids is 10. The molecule has 22 atom stereocenters. The molecule has 0 spiro atoms. The van der Waals surface area contributed by atoms with Crippen LogP contribution >= 0.6 is 0 Å². The zero-order valence-electron chi connectivity index (χ0n) is 82.7. The molecule has 30 nitrogen and oxygen atoms in total. The van der Waals surface area contributed by atoms with Crippen LogP contribution in [0.4, 0.5) is 9.59 Å². The maximum atomic E-state index is 15.8. The molecule has 2 radical (unpaired) electrons. The summed E-state index contributed by atoms with van der Waals surface area (Å²) in [6.07, 6.45) is -14.5. The van der Waals surface area contributed by atoms with Crippen molar-refractivity contribution < 1.29 is 155 Å². The topological polar surface area (TPSA) is 405 Å². The fraction of sp³-hybridized carbons (Fsp3) is 0.627. The van der Waals surface area contributed by atoms with Gasteiger partial charge in [-0.1, -0.05) is 180 Å². The summed E-state index contributed by atoms with van der Waals surface area (Å²) in [6.45, 7) is 40.6. The summed E-state index contributed by atoms with van der Waals surface area (Å²) in [5, 5.41) is 56.7. The first-order valence-corrected chi connectivity index (χ1v) is 49.6. The van der Waals surface area contributed by atoms with Gasteiger partial charge in [-0.25, -0.2) is 28.8 Å². The Bertz CT molecular complexity index is 4680. The van der Waals surface area contributed by atoms with Crippen molar-refractivity contribution in [2.24, 2.45) is 45.3 Å². The third kappa shape index (κ3) is 20.9. The van der Waals surface area contributed by atoms with Gasteiger partial charge in [-0.05, 0) is 149 Å². The van der Waals surface area contributed by atoms with Crippen LogP contribution in [0.25, 0.3) is 0 Å². The normalized spacial score (nSPS) is 30.8. The number of alkyl carbamates (subject to hydrolysis) is 2. The molecule has 8 aliphatic rings. The fourth-order valence-corrected chi connectivity index (χ4v) is 27.8. The van der Waals surface area contributed by atoms with Gasteiger partial charge < -0.3 is 96.8 Å². The van der Waals surface area contributed by atoms with E-state index in [1.54, 1.807) is 218 Å². The molecule has 2 amide bonds. The van der Waals surface area contributed by atoms with Crippen LogP contribution in [0.2, 0.25) is 22.2 Å². The van der Waals surface area contributed by atoms with E-state index in [4.69, 9.17) is 65.7 Å². The van der Waals surface area contributed by atoms with Crippen LogP contribution < -0.4 is 10.6 Å². The second kappa shape index (κ2) is 42.1. The van der Waals surface area contributed by atoms with E-state index in [2.05, 4.69) is 10.6 Å². The predicted molar refractivity (Wildman–Crippen MR) is 496 cm³/mol. The molecule has 4 saturated carbocycles. The quantitative estimate of drug-likeness (QED) is 0.0133. The summed E-state index contributed by atoms with van der Waals surface area (Å²) in [5.41, 5.74) is -13.0. The monoisotopic (exact) mass is 2080 g/mol. The van der Waals surface area contributed by atoms with E-state index in [1.165, 1.54) is 28.1 Å². The molecule has 4 aromatic carbocycles. The first-order chi connectivity index (χ1) is 62.6. The Hall–Kier alpha value is -8.22. The van der Waals surface area contributed by atoms with Crippen LogP contribution in [0.5, 0.6) is 0 Å². The number of carbonyl (C=O) groups is 10. The van der Waals surface area contributed by atoms with Crippen molar-refractivity contribution in [2.75, 3.05) is 40.6 Å². The molecule has 6 fully saturated rings. The van der Waals surface area contributed by atoms with Gasteiger partial charge in [0.15, 0.2) is 35.0 Å². The molecular formula is C102H140N2O28Si2W. The molecule has 135 heavy (non-hydrogen) atoms. The van der Waals surface area contributed by atoms with Crippen LogP contribution in [0.3, 0.4) is 0 Å². The third-order valence-corrected chi connectivity index (χ3v) is 34.7. The summed E-state index contributed by atoms with van der Waals surface area (Å²) < 4.78 is 88.4. The van der Waals surface area contributed by atoms with Crippen molar-refractivity contribution >= 4 is 77.6 Å². The minimum atomic E-state index is -2.23. The fourth-order valence-electron chi connectivity index (χ4n) is 23.0. The van der Waals surface area contributed by atoms with E-state index in [9.17, 15) is 49.2 Å². The van der Waals surface area contributed by atoms with Crippen molar-refractivity contribution in [3.8, 4) is 0 Å². The van der Waals surface area contributed by atoms with Crippen LogP contribution in [-0.2, 0) is 116 Å². The van der Waals surface area contributed by atoms with Crippen LogP contribution in [-0.4, -0.2) is 233 Å². The SMILES string of the molecule is CO[C@H]1C[C@H]2OC[C@@]2(OC(C)=O)C2[C@H](OC(=O)c3ccccc3)[C@]3(O)CC(OC(=O)C(O[Si](C(C)C)C(C)C)[C@@H](NC(=O)OC(C)(C)C)c4ccccc4)C(C)=C([C@@H](CO)C(=O)[C@@]21C)C3(C)C.CO[C@H]1C[C@H]2OC[C@@]2(OC(C)=O)C2[C@H](OC(=O)c3ccccc3)[C@]3(O)C[C@H](OC(=O)[C@H](O[Si](C(C)C)C(C)C)[C@@H](NC(=O)OC(C)(C)C)c4ccccc4)C(C)=C([C@@H](CO)C(=O)[C@@]21C)C3(C)C.[W]. The number of esters is 6. The number of rotatable bonds is 28. The Morgan fingerprint density at radius 3 is 1.02 bits per heavy atom. The van der Waals surface area contributed by atoms with Crippen LogP contribution in [0.15, 0.2) is 144 Å². The van der Waals surface area contributed by atoms with E-state index >= 15 is 19.2 Å². The van der Waals surface area contributed by atoms with Gasteiger partial charge >= 0.3 is 48.0 Å². The van der Waals surface area contributed by atoms with Gasteiger partial charge in [0, 0.05) is 85.6 Å². The number of fused-ring (bicyclic) bond motifs is 10. The van der Waals surface area contributed by atoms with Crippen molar-refractivity contribution in [1.29, 1.82) is 0 Å². The molecule has 2 aliphatic heterocycles. The van der Waals surface area contributed by atoms with Gasteiger partial charge in [0.2, 0.25) is 18.1 Å². The van der Waals surface area contributed by atoms with Gasteiger partial charge in [0.1, 0.15) is 59.0 Å². The maximum Gasteiger partial charge on any atom is 0.408 e. The van der Waals surface area contributed by atoms with Crippen molar-refractivity contribution in [3.05, 3.63) is 166 Å². The minimum absolute atomic E-state index is 0. The summed E-state index contributed by atoms with van der Waals surface area (Å²) in [4.78, 5) is 145. The molecule has 6 N–H and O–H groups in total. The Morgan fingerprint density at radius 1 is 0.474 bits per heavy atom. The molecule has 4 unspecified atom stereocenters. The number of Topliss-reactive ketones (excluding diaryl/α,β-unsaturated/α-hetero) is 2. The summed E-state index contributed by atoms with van der Waals surface area (Å²) in [5.74, 6) is -11.1. The maximum absolute atomic E-state index is 15.8. The molecule has 2 saturated heterocycles. The Kier molecular flexibility index (Phi) is 33.9. The molecule has 33 heteroatoms. The number of methoxy groups -OCH3 is 2. The molecule has 4 bridgehead atoms. The van der Waals surface area contributed by atoms with Gasteiger partial charge in [-0.3, -0.25) is 19.2 Å². The number of aliphatic hydroxyl groups is 4. The Morgan fingerprint density at radius 2 is 0.770 bits per heavy atom. The molecule has 0 aromatic heterocycles. The number of hydrogen-bond acceptors (Lipinski definition) is 28. The van der Waals surface area contributed by atoms with Crippen molar-refractivity contribution in [1.82, 2.24) is 10.6 Å². The second-order valence-corrected chi connectivity index (χ2v) is 48.5. The number of amides is 2. The molecule has 12 rings (SSSR count). The van der Waals surface area contributed by atoms with Gasteiger partial charge in [-0.2, -0.15) is 0 Å². The largest absolute Gasteiger partial charge is 0.456 e. The van der Waals surface area contributed by atoms with Crippen LogP contribution in [0, 0.1) is 45.3 Å². The molecule has 2 heterocycles. The Labute approximate surface area is 811 Å². The van der Waals surface area contributed by atoms with Crippen molar-refractivity contribution in [3.63, 3.8) is 0 Å². The van der Waals surface area contributed by atoms with E-state index in [1.807, 2.05) is 55.4 Å². The molecule has 740 valence electrons. The van der Waals surface area contributed by atoms with Gasteiger partial charge in [0.25, 0.3) is 0 Å². The number of hydrogen-bond donors (Lipinski definition) is 6. The number of aliphatic hydroxyl groups excluding tert-OH is 2. The molecule has 4 aromatic rings. The summed E-state index contributed by atoms with van der Waals surface area (Å²) in [7, 11) is -0.760. The average Bonchev–Trinajstić information content (AvgIpc) is 0.670. The minimum Gasteiger partial charge on any atom is -0.456 e. The van der Waals surface area contributed by atoms with Crippen LogP contribution in [0.1, 0.15) is 236 Å². The van der Waals surface area contributed by atoms with E-state index in [0.29, 0.717) is 22.3 Å². The first-order valence-electron chi connectivity index (χ1n) is 46.5. The van der Waals surface area contributed by atoms with E-state index < -0.39 is 243 Å². The number of benzene rings is 4. The van der Waals surface area contributed by atoms with Crippen molar-refractivity contribution in [2.45, 2.75) is 321 Å². The third-order valence-electron chi connectivity index (χ3n) is 29.0. The standard InChI is InChI=1S/2C51H70NO14Si.W/c2*1-28(2)67(29(3)4)66-40(39(32-20-16-14-17-21-32)52-46(58)65-47(7,8)9)45(57)62-35-25-51(59)43(63-44(56)33-22-18-15-19-23-33)41-49(12,42(55)34(26-53)38(30(35)5)48(51,10)11)36(60-13)24-37-50(41,27-61-37)64-31(6)54;/h2*14-23,28-29,34-37,39-41,43,53,59H,24-27H2,1-13H3,(H,52,58);/t34-,35?,36+,37-,39+,40?,41?,43+,49-,50+,51-;34-,35+,36+,37-,39+,40-,41?,43+,49-,50+,51-;/m11./s1. The average molecular weight is 2080 g/mol. The number of ether oxygens (including phenoxy) is 12. The Balaban J connectivity index is 0.000000277. The zero-order valence-corrected chi connectivity index (χ0v) is 87.7. The van der Waals surface area contributed by atoms with Gasteiger partial charge in [-0.15, -0.1) is 0 Å². The predicted octanol–water partition coefficient (Wildman–Crippen LogP) is 14.0. The zero-order chi connectivity index (χ0) is 99.2.